The van der Waals surface area contributed by atoms with Gasteiger partial charge in [-0.05, 0) is 19.1 Å². The summed E-state index contributed by atoms with van der Waals surface area (Å²) < 4.78 is 5.34. The lowest BCUT2D eigenvalue weighted by Crippen LogP contribution is -2.32. The third-order valence-corrected chi connectivity index (χ3v) is 2.36. The van der Waals surface area contributed by atoms with Gasteiger partial charge >= 0.3 is 5.69 Å². The van der Waals surface area contributed by atoms with Crippen molar-refractivity contribution in [1.29, 1.82) is 0 Å². The molecule has 1 amide bonds. The zero-order valence-electron chi connectivity index (χ0n) is 10.6. The number of rotatable bonds is 4. The smallest absolute Gasteiger partial charge is 0.342 e. The van der Waals surface area contributed by atoms with Gasteiger partial charge in [-0.3, -0.25) is 14.6 Å². The molecule has 0 fully saturated rings. The second-order valence-electron chi connectivity index (χ2n) is 3.74. The lowest BCUT2D eigenvalue weighted by molar-refractivity contribution is 0.101. The number of H-pyrrole nitrogens is 2. The number of aromatic amines is 2. The number of carbonyl (C=O) groups excluding carboxylic acids is 1. The first-order chi connectivity index (χ1) is 9.61. The Kier molecular flexibility index (Phi) is 3.94. The standard InChI is InChI=1S/C12H12N4O4/c1-2-20-8-6-4-3-5-7(8)13-10(17)9-11(18)14-12(19)16-15-9/h3-6H,2H2,1H3,(H,13,17)(H2,14,16,18,19). The lowest BCUT2D eigenvalue weighted by atomic mass is 10.3. The molecular weight excluding hydrogens is 264 g/mol. The number of hydrogen-bond donors (Lipinski definition) is 3. The molecule has 0 saturated carbocycles. The number of anilines is 1. The predicted octanol–water partition coefficient (Wildman–Crippen LogP) is 0.109. The zero-order chi connectivity index (χ0) is 14.5. The fraction of sp³-hybridized carbons (Fsp3) is 0.167. The van der Waals surface area contributed by atoms with Gasteiger partial charge in [0.05, 0.1) is 12.3 Å². The summed E-state index contributed by atoms with van der Waals surface area (Å²) >= 11 is 0. The fourth-order valence-corrected chi connectivity index (χ4v) is 1.53. The second kappa shape index (κ2) is 5.83. The number of carbonyl (C=O) groups is 1. The minimum Gasteiger partial charge on any atom is -0.492 e. The van der Waals surface area contributed by atoms with Crippen LogP contribution in [0.1, 0.15) is 17.4 Å². The molecule has 0 saturated heterocycles. The van der Waals surface area contributed by atoms with Crippen LogP contribution < -0.4 is 21.3 Å². The maximum Gasteiger partial charge on any atom is 0.342 e. The van der Waals surface area contributed by atoms with Crippen LogP contribution in [0, 0.1) is 0 Å². The molecule has 1 aromatic carbocycles. The Morgan fingerprint density at radius 3 is 2.80 bits per heavy atom. The van der Waals surface area contributed by atoms with Gasteiger partial charge in [0.15, 0.2) is 0 Å². The zero-order valence-corrected chi connectivity index (χ0v) is 10.6. The van der Waals surface area contributed by atoms with Gasteiger partial charge < -0.3 is 10.1 Å². The third kappa shape index (κ3) is 2.91. The van der Waals surface area contributed by atoms with Crippen molar-refractivity contribution in [3.8, 4) is 5.75 Å². The van der Waals surface area contributed by atoms with E-state index in [2.05, 4.69) is 10.4 Å². The molecule has 104 valence electrons. The summed E-state index contributed by atoms with van der Waals surface area (Å²) in [7, 11) is 0. The number of nitrogens with zero attached hydrogens (tertiary/aromatic N) is 1. The fourth-order valence-electron chi connectivity index (χ4n) is 1.53. The number of amides is 1. The molecule has 8 heteroatoms. The quantitative estimate of drug-likeness (QED) is 0.732. The molecule has 2 rings (SSSR count). The van der Waals surface area contributed by atoms with Crippen LogP contribution >= 0.6 is 0 Å². The van der Waals surface area contributed by atoms with E-state index < -0.39 is 22.9 Å². The Hall–Kier alpha value is -2.90. The van der Waals surface area contributed by atoms with Gasteiger partial charge in [0.1, 0.15) is 5.75 Å². The predicted molar refractivity (Wildman–Crippen MR) is 71.0 cm³/mol. The van der Waals surface area contributed by atoms with E-state index in [1.807, 2.05) is 17.0 Å². The van der Waals surface area contributed by atoms with Crippen molar-refractivity contribution in [2.24, 2.45) is 0 Å². The summed E-state index contributed by atoms with van der Waals surface area (Å²) in [4.78, 5) is 36.1. The Labute approximate surface area is 112 Å². The molecule has 1 aromatic heterocycles. The molecule has 0 radical (unpaired) electrons. The van der Waals surface area contributed by atoms with Crippen molar-refractivity contribution >= 4 is 11.6 Å². The molecule has 0 bridgehead atoms. The van der Waals surface area contributed by atoms with Crippen molar-refractivity contribution < 1.29 is 9.53 Å². The van der Waals surface area contributed by atoms with Crippen LogP contribution in [0.2, 0.25) is 0 Å². The molecule has 3 N–H and O–H groups in total. The Balaban J connectivity index is 2.28. The summed E-state index contributed by atoms with van der Waals surface area (Å²) in [5, 5.41) is 7.91. The number of benzene rings is 1. The Morgan fingerprint density at radius 2 is 2.10 bits per heavy atom. The van der Waals surface area contributed by atoms with E-state index >= 15 is 0 Å². The minimum absolute atomic E-state index is 0.409. The van der Waals surface area contributed by atoms with Gasteiger partial charge in [-0.25, -0.2) is 9.89 Å². The number of ether oxygens (including phenoxy) is 1. The Bertz CT molecular complexity index is 734. The van der Waals surface area contributed by atoms with E-state index in [4.69, 9.17) is 4.74 Å². The number of para-hydroxylation sites is 2. The van der Waals surface area contributed by atoms with Crippen LogP contribution in [-0.2, 0) is 0 Å². The minimum atomic E-state index is -0.861. The molecule has 1 heterocycles. The normalized spacial score (nSPS) is 10.1. The van der Waals surface area contributed by atoms with Crippen LogP contribution in [0.25, 0.3) is 0 Å². The maximum atomic E-state index is 11.9. The van der Waals surface area contributed by atoms with Crippen LogP contribution in [0.4, 0.5) is 5.69 Å². The molecule has 0 spiro atoms. The average Bonchev–Trinajstić information content (AvgIpc) is 2.41. The van der Waals surface area contributed by atoms with Gasteiger partial charge in [-0.2, -0.15) is 5.10 Å². The summed E-state index contributed by atoms with van der Waals surface area (Å²) in [5.41, 5.74) is -1.66. The SMILES string of the molecule is CCOc1ccccc1NC(=O)c1n[nH]c(=O)[nH]c1=O. The Morgan fingerprint density at radius 1 is 1.35 bits per heavy atom. The first-order valence-electron chi connectivity index (χ1n) is 5.84. The first-order valence-corrected chi connectivity index (χ1v) is 5.84. The highest BCUT2D eigenvalue weighted by Gasteiger charge is 2.15. The highest BCUT2D eigenvalue weighted by atomic mass is 16.5. The van der Waals surface area contributed by atoms with E-state index in [-0.39, 0.29) is 0 Å². The highest BCUT2D eigenvalue weighted by Crippen LogP contribution is 2.23. The highest BCUT2D eigenvalue weighted by molar-refractivity contribution is 6.03. The molecule has 2 aromatic rings. The summed E-state index contributed by atoms with van der Waals surface area (Å²) in [5.74, 6) is -0.265. The van der Waals surface area contributed by atoms with Crippen molar-refractivity contribution in [3.05, 3.63) is 50.8 Å². The molecule has 0 aliphatic carbocycles. The van der Waals surface area contributed by atoms with Gasteiger partial charge in [0, 0.05) is 0 Å². The van der Waals surface area contributed by atoms with E-state index in [9.17, 15) is 14.4 Å². The van der Waals surface area contributed by atoms with Crippen LogP contribution in [0.15, 0.2) is 33.9 Å². The monoisotopic (exact) mass is 276 g/mol. The third-order valence-electron chi connectivity index (χ3n) is 2.36. The molecular formula is C12H12N4O4. The maximum absolute atomic E-state index is 11.9. The van der Waals surface area contributed by atoms with Crippen LogP contribution in [-0.4, -0.2) is 27.7 Å². The van der Waals surface area contributed by atoms with Gasteiger partial charge in [0.25, 0.3) is 11.5 Å². The average molecular weight is 276 g/mol. The summed E-state index contributed by atoms with van der Waals surface area (Å²) in [6.45, 7) is 2.25. The molecule has 0 aliphatic rings. The number of aromatic nitrogens is 3. The van der Waals surface area contributed by atoms with Gasteiger partial charge in [-0.1, -0.05) is 12.1 Å². The number of hydrogen-bond acceptors (Lipinski definition) is 5. The van der Waals surface area contributed by atoms with E-state index in [0.717, 1.165) is 0 Å². The van der Waals surface area contributed by atoms with Crippen LogP contribution in [0.5, 0.6) is 5.75 Å². The van der Waals surface area contributed by atoms with Crippen molar-refractivity contribution in [1.82, 2.24) is 15.2 Å². The lowest BCUT2D eigenvalue weighted by Gasteiger charge is -2.10. The topological polar surface area (TPSA) is 117 Å². The van der Waals surface area contributed by atoms with E-state index in [0.29, 0.717) is 18.0 Å². The van der Waals surface area contributed by atoms with Gasteiger partial charge in [0.2, 0.25) is 5.69 Å². The molecule has 0 unspecified atom stereocenters. The number of nitrogens with one attached hydrogen (secondary N) is 3. The van der Waals surface area contributed by atoms with Crippen molar-refractivity contribution in [2.45, 2.75) is 6.92 Å². The van der Waals surface area contributed by atoms with Crippen LogP contribution in [0.3, 0.4) is 0 Å². The van der Waals surface area contributed by atoms with Crippen molar-refractivity contribution in [3.63, 3.8) is 0 Å². The summed E-state index contributed by atoms with van der Waals surface area (Å²) in [6.07, 6.45) is 0. The van der Waals surface area contributed by atoms with E-state index in [1.165, 1.54) is 0 Å². The first kappa shape index (κ1) is 13.5. The molecule has 0 atom stereocenters. The molecule has 20 heavy (non-hydrogen) atoms. The van der Waals surface area contributed by atoms with Gasteiger partial charge in [-0.15, -0.1) is 0 Å². The molecule has 8 nitrogen and oxygen atoms in total. The summed E-state index contributed by atoms with van der Waals surface area (Å²) in [6, 6.07) is 6.78. The molecule has 0 aliphatic heterocycles. The second-order valence-corrected chi connectivity index (χ2v) is 3.74. The largest absolute Gasteiger partial charge is 0.492 e. The van der Waals surface area contributed by atoms with E-state index in [1.54, 1.807) is 24.3 Å². The van der Waals surface area contributed by atoms with Crippen molar-refractivity contribution in [2.75, 3.05) is 11.9 Å².